The molecule has 3 atom stereocenters. The molecule has 108 valence electrons. The third-order valence-corrected chi connectivity index (χ3v) is 5.29. The lowest BCUT2D eigenvalue weighted by Gasteiger charge is -2.14. The molecule has 2 aromatic carbocycles. The minimum absolute atomic E-state index is 0.0271. The van der Waals surface area contributed by atoms with E-state index in [9.17, 15) is 0 Å². The number of benzene rings is 2. The molecule has 1 saturated carbocycles. The van der Waals surface area contributed by atoms with Crippen LogP contribution < -0.4 is 4.74 Å². The van der Waals surface area contributed by atoms with Gasteiger partial charge >= 0.3 is 0 Å². The van der Waals surface area contributed by atoms with Crippen molar-refractivity contribution in [2.24, 2.45) is 5.92 Å². The van der Waals surface area contributed by atoms with Gasteiger partial charge in [0, 0.05) is 17.0 Å². The van der Waals surface area contributed by atoms with Gasteiger partial charge in [-0.2, -0.15) is 0 Å². The second-order valence-electron chi connectivity index (χ2n) is 5.90. The first-order chi connectivity index (χ1) is 10.2. The maximum absolute atomic E-state index is 6.77. The Bertz CT molecular complexity index is 668. The number of fused-ring (bicyclic) bond motifs is 1. The van der Waals surface area contributed by atoms with Crippen molar-refractivity contribution in [2.75, 3.05) is 6.61 Å². The summed E-state index contributed by atoms with van der Waals surface area (Å²) in [5.41, 5.74) is 3.65. The molecule has 0 saturated heterocycles. The fourth-order valence-electron chi connectivity index (χ4n) is 3.36. The molecule has 2 aliphatic rings. The summed E-state index contributed by atoms with van der Waals surface area (Å²) in [5.74, 6) is 2.00. The highest BCUT2D eigenvalue weighted by Crippen LogP contribution is 2.58. The summed E-state index contributed by atoms with van der Waals surface area (Å²) in [5, 5.41) is 0.734. The summed E-state index contributed by atoms with van der Waals surface area (Å²) >= 11 is 13.0. The normalized spacial score (nSPS) is 24.3. The molecule has 3 unspecified atom stereocenters. The summed E-state index contributed by atoms with van der Waals surface area (Å²) < 4.78 is 5.78. The van der Waals surface area contributed by atoms with Crippen LogP contribution in [-0.4, -0.2) is 6.61 Å². The quantitative estimate of drug-likeness (QED) is 0.692. The van der Waals surface area contributed by atoms with Crippen LogP contribution in [0.1, 0.15) is 34.4 Å². The van der Waals surface area contributed by atoms with Crippen LogP contribution in [0, 0.1) is 5.92 Å². The largest absolute Gasteiger partial charge is 0.493 e. The molecule has 0 radical (unpaired) electrons. The molecule has 21 heavy (non-hydrogen) atoms. The molecule has 1 aliphatic heterocycles. The Kier molecular flexibility index (Phi) is 3.35. The zero-order valence-electron chi connectivity index (χ0n) is 11.6. The van der Waals surface area contributed by atoms with E-state index in [0.717, 1.165) is 35.8 Å². The van der Waals surface area contributed by atoms with Gasteiger partial charge in [-0.05, 0) is 41.5 Å². The van der Waals surface area contributed by atoms with E-state index >= 15 is 0 Å². The zero-order chi connectivity index (χ0) is 14.4. The zero-order valence-corrected chi connectivity index (χ0v) is 13.1. The van der Waals surface area contributed by atoms with E-state index in [1.54, 1.807) is 0 Å². The van der Waals surface area contributed by atoms with Crippen molar-refractivity contribution < 1.29 is 4.74 Å². The Labute approximate surface area is 134 Å². The third-order valence-electron chi connectivity index (χ3n) is 4.52. The van der Waals surface area contributed by atoms with Crippen molar-refractivity contribution in [3.8, 4) is 5.75 Å². The maximum atomic E-state index is 6.77. The fraction of sp³-hybridized carbons (Fsp3) is 0.333. The van der Waals surface area contributed by atoms with E-state index in [0.29, 0.717) is 11.8 Å². The maximum Gasteiger partial charge on any atom is 0.127 e. The van der Waals surface area contributed by atoms with Crippen molar-refractivity contribution in [3.63, 3.8) is 0 Å². The number of ether oxygens (including phenoxy) is 1. The minimum Gasteiger partial charge on any atom is -0.493 e. The molecule has 0 aromatic heterocycles. The first-order valence-electron chi connectivity index (χ1n) is 7.38. The van der Waals surface area contributed by atoms with Gasteiger partial charge in [-0.3, -0.25) is 0 Å². The van der Waals surface area contributed by atoms with Crippen LogP contribution >= 0.6 is 23.2 Å². The highest BCUT2D eigenvalue weighted by molar-refractivity contribution is 6.31. The topological polar surface area (TPSA) is 9.23 Å². The molecule has 1 aliphatic carbocycles. The molecule has 0 N–H and O–H groups in total. The van der Waals surface area contributed by atoms with Crippen LogP contribution in [0.5, 0.6) is 5.75 Å². The Morgan fingerprint density at radius 1 is 1.14 bits per heavy atom. The molecular formula is C18H16Cl2O. The Morgan fingerprint density at radius 3 is 2.76 bits per heavy atom. The molecule has 0 spiro atoms. The molecular weight excluding hydrogens is 303 g/mol. The summed E-state index contributed by atoms with van der Waals surface area (Å²) in [6.07, 6.45) is 2.07. The molecule has 4 rings (SSSR count). The molecule has 0 amide bonds. The van der Waals surface area contributed by atoms with E-state index in [4.69, 9.17) is 27.9 Å². The van der Waals surface area contributed by atoms with Gasteiger partial charge in [-0.1, -0.05) is 41.9 Å². The van der Waals surface area contributed by atoms with Gasteiger partial charge in [0.05, 0.1) is 12.0 Å². The monoisotopic (exact) mass is 318 g/mol. The molecule has 1 fully saturated rings. The minimum atomic E-state index is -0.0271. The number of hydrogen-bond donors (Lipinski definition) is 0. The van der Waals surface area contributed by atoms with Crippen LogP contribution in [0.15, 0.2) is 42.5 Å². The van der Waals surface area contributed by atoms with Crippen molar-refractivity contribution >= 4 is 23.2 Å². The average Bonchev–Trinajstić information content (AvgIpc) is 3.17. The molecule has 1 nitrogen and oxygen atoms in total. The van der Waals surface area contributed by atoms with Crippen molar-refractivity contribution in [1.29, 1.82) is 0 Å². The van der Waals surface area contributed by atoms with E-state index < -0.39 is 0 Å². The second kappa shape index (κ2) is 5.23. The smallest absolute Gasteiger partial charge is 0.127 e. The Hall–Kier alpha value is -1.18. The molecule has 3 heteroatoms. The highest BCUT2D eigenvalue weighted by atomic mass is 35.5. The molecule has 2 aromatic rings. The van der Waals surface area contributed by atoms with Gasteiger partial charge in [-0.15, -0.1) is 11.6 Å². The predicted octanol–water partition coefficient (Wildman–Crippen LogP) is 5.36. The lowest BCUT2D eigenvalue weighted by Crippen LogP contribution is -1.99. The van der Waals surface area contributed by atoms with Gasteiger partial charge < -0.3 is 4.74 Å². The predicted molar refractivity (Wildman–Crippen MR) is 86.5 cm³/mol. The van der Waals surface area contributed by atoms with E-state index in [1.807, 2.05) is 12.1 Å². The number of alkyl halides is 1. The Balaban J connectivity index is 1.61. The lowest BCUT2D eigenvalue weighted by molar-refractivity contribution is 0.352. The van der Waals surface area contributed by atoms with Crippen molar-refractivity contribution in [1.82, 2.24) is 0 Å². The number of halogens is 2. The lowest BCUT2D eigenvalue weighted by atomic mass is 10.0. The fourth-order valence-corrected chi connectivity index (χ4v) is 4.04. The van der Waals surface area contributed by atoms with Gasteiger partial charge in [0.25, 0.3) is 0 Å². The van der Waals surface area contributed by atoms with Crippen LogP contribution in [0.3, 0.4) is 0 Å². The van der Waals surface area contributed by atoms with Crippen LogP contribution in [-0.2, 0) is 6.42 Å². The Morgan fingerprint density at radius 2 is 1.95 bits per heavy atom. The van der Waals surface area contributed by atoms with Crippen LogP contribution in [0.25, 0.3) is 0 Å². The first-order valence-corrected chi connectivity index (χ1v) is 8.19. The SMILES string of the molecule is Clc1cc2c(c(C(Cl)C3CC3c3ccccc3)c1)OCC2. The summed E-state index contributed by atoms with van der Waals surface area (Å²) in [7, 11) is 0. The third kappa shape index (κ3) is 2.43. The summed E-state index contributed by atoms with van der Waals surface area (Å²) in [6.45, 7) is 0.735. The van der Waals surface area contributed by atoms with Crippen LogP contribution in [0.4, 0.5) is 0 Å². The molecule has 1 heterocycles. The standard InChI is InChI=1S/C18H16Cl2O/c19-13-8-12-6-7-21-18(12)16(9-13)17(20)15-10-14(15)11-4-2-1-3-5-11/h1-5,8-9,14-15,17H,6-7,10H2. The van der Waals surface area contributed by atoms with E-state index in [-0.39, 0.29) is 5.38 Å². The van der Waals surface area contributed by atoms with E-state index in [1.165, 1.54) is 11.1 Å². The number of hydrogen-bond acceptors (Lipinski definition) is 1. The van der Waals surface area contributed by atoms with E-state index in [2.05, 4.69) is 30.3 Å². The van der Waals surface area contributed by atoms with Gasteiger partial charge in [-0.25, -0.2) is 0 Å². The van der Waals surface area contributed by atoms with Crippen LogP contribution in [0.2, 0.25) is 5.02 Å². The highest BCUT2D eigenvalue weighted by Gasteiger charge is 2.45. The first kappa shape index (κ1) is 13.5. The van der Waals surface area contributed by atoms with Gasteiger partial charge in [0.1, 0.15) is 5.75 Å². The average molecular weight is 319 g/mol. The number of rotatable bonds is 3. The van der Waals surface area contributed by atoms with Crippen molar-refractivity contribution in [2.45, 2.75) is 24.1 Å². The van der Waals surface area contributed by atoms with Gasteiger partial charge in [0.2, 0.25) is 0 Å². The molecule has 0 bridgehead atoms. The second-order valence-corrected chi connectivity index (χ2v) is 6.81. The van der Waals surface area contributed by atoms with Crippen molar-refractivity contribution in [3.05, 3.63) is 64.2 Å². The summed E-state index contributed by atoms with van der Waals surface area (Å²) in [6, 6.07) is 14.6. The van der Waals surface area contributed by atoms with Gasteiger partial charge in [0.15, 0.2) is 0 Å². The summed E-state index contributed by atoms with van der Waals surface area (Å²) in [4.78, 5) is 0.